The second-order valence-electron chi connectivity index (χ2n) is 3.89. The summed E-state index contributed by atoms with van der Waals surface area (Å²) in [7, 11) is 0. The smallest absolute Gasteiger partial charge is 0.110 e. The monoisotopic (exact) mass is 206 g/mol. The Morgan fingerprint density at radius 3 is 3.00 bits per heavy atom. The number of rotatable bonds is 4. The van der Waals surface area contributed by atoms with Crippen molar-refractivity contribution in [1.82, 2.24) is 5.32 Å². The van der Waals surface area contributed by atoms with Gasteiger partial charge in [0, 0.05) is 10.9 Å². The van der Waals surface area contributed by atoms with Crippen LogP contribution in [0.2, 0.25) is 0 Å². The van der Waals surface area contributed by atoms with E-state index >= 15 is 0 Å². The van der Waals surface area contributed by atoms with E-state index < -0.39 is 0 Å². The maximum absolute atomic E-state index is 8.70. The van der Waals surface area contributed by atoms with Gasteiger partial charge in [-0.1, -0.05) is 0 Å². The molecule has 0 saturated heterocycles. The van der Waals surface area contributed by atoms with Gasteiger partial charge in [0.05, 0.1) is 0 Å². The summed E-state index contributed by atoms with van der Waals surface area (Å²) in [5, 5.41) is 12.2. The minimum atomic E-state index is 0.391. The van der Waals surface area contributed by atoms with E-state index in [1.54, 1.807) is 11.3 Å². The third-order valence-corrected chi connectivity index (χ3v) is 3.75. The second kappa shape index (κ2) is 4.12. The average Bonchev–Trinajstić information content (AvgIpc) is 2.90. The van der Waals surface area contributed by atoms with E-state index in [9.17, 15) is 0 Å². The lowest BCUT2D eigenvalue weighted by atomic mass is 10.2. The molecule has 14 heavy (non-hydrogen) atoms. The summed E-state index contributed by atoms with van der Waals surface area (Å²) < 4.78 is 0. The zero-order chi connectivity index (χ0) is 9.97. The van der Waals surface area contributed by atoms with E-state index in [1.165, 1.54) is 17.7 Å². The number of hydrogen-bond donors (Lipinski definition) is 1. The number of nitriles is 1. The molecule has 1 aliphatic rings. The van der Waals surface area contributed by atoms with Gasteiger partial charge in [-0.05, 0) is 44.4 Å². The molecular formula is C11H14N2S. The average molecular weight is 206 g/mol. The molecule has 3 heteroatoms. The predicted octanol–water partition coefficient (Wildman–Crippen LogP) is 2.68. The van der Waals surface area contributed by atoms with Crippen molar-refractivity contribution in [2.45, 2.75) is 25.8 Å². The maximum Gasteiger partial charge on any atom is 0.110 e. The standard InChI is InChI=1S/C11H14N2S/c1-8(13-7-9-2-3-9)11-5-4-10(6-12)14-11/h4-5,8-9,13H,2-3,7H2,1H3. The van der Waals surface area contributed by atoms with Crippen molar-refractivity contribution in [2.24, 2.45) is 5.92 Å². The van der Waals surface area contributed by atoms with Gasteiger partial charge in [-0.25, -0.2) is 0 Å². The number of hydrogen-bond acceptors (Lipinski definition) is 3. The molecule has 2 nitrogen and oxygen atoms in total. The van der Waals surface area contributed by atoms with E-state index in [4.69, 9.17) is 5.26 Å². The molecule has 0 aromatic carbocycles. The third-order valence-electron chi connectivity index (χ3n) is 2.57. The molecule has 0 aliphatic heterocycles. The second-order valence-corrected chi connectivity index (χ2v) is 5.00. The molecule has 1 aromatic rings. The van der Waals surface area contributed by atoms with Crippen LogP contribution in [0.25, 0.3) is 0 Å². The fourth-order valence-corrected chi connectivity index (χ4v) is 2.24. The molecule has 1 saturated carbocycles. The van der Waals surface area contributed by atoms with Crippen molar-refractivity contribution in [3.63, 3.8) is 0 Å². The predicted molar refractivity (Wildman–Crippen MR) is 58.2 cm³/mol. The minimum Gasteiger partial charge on any atom is -0.309 e. The van der Waals surface area contributed by atoms with Crippen molar-refractivity contribution in [3.05, 3.63) is 21.9 Å². The Hall–Kier alpha value is -0.850. The van der Waals surface area contributed by atoms with Crippen molar-refractivity contribution >= 4 is 11.3 Å². The van der Waals surface area contributed by atoms with Gasteiger partial charge in [-0.15, -0.1) is 11.3 Å². The van der Waals surface area contributed by atoms with Gasteiger partial charge in [-0.2, -0.15) is 5.26 Å². The molecule has 2 rings (SSSR count). The first kappa shape index (κ1) is 9.70. The normalized spacial score (nSPS) is 17.7. The Morgan fingerprint density at radius 1 is 1.64 bits per heavy atom. The SMILES string of the molecule is CC(NCC1CC1)c1ccc(C#N)s1. The van der Waals surface area contributed by atoms with Crippen LogP contribution in [0, 0.1) is 17.2 Å². The van der Waals surface area contributed by atoms with E-state index in [1.807, 2.05) is 12.1 Å². The molecule has 1 heterocycles. The number of nitrogens with zero attached hydrogens (tertiary/aromatic N) is 1. The highest BCUT2D eigenvalue weighted by molar-refractivity contribution is 7.12. The fraction of sp³-hybridized carbons (Fsp3) is 0.545. The van der Waals surface area contributed by atoms with E-state index in [0.29, 0.717) is 6.04 Å². The van der Waals surface area contributed by atoms with Gasteiger partial charge in [-0.3, -0.25) is 0 Å². The van der Waals surface area contributed by atoms with Gasteiger partial charge in [0.2, 0.25) is 0 Å². The van der Waals surface area contributed by atoms with Crippen LogP contribution in [0.1, 0.15) is 35.6 Å². The first-order valence-corrected chi connectivity index (χ1v) is 5.84. The molecule has 1 aromatic heterocycles. The lowest BCUT2D eigenvalue weighted by Gasteiger charge is -2.10. The molecule has 74 valence electrons. The number of nitrogens with one attached hydrogen (secondary N) is 1. The summed E-state index contributed by atoms with van der Waals surface area (Å²) in [6.45, 7) is 3.29. The molecule has 1 aliphatic carbocycles. The van der Waals surface area contributed by atoms with Crippen LogP contribution in [0.15, 0.2) is 12.1 Å². The quantitative estimate of drug-likeness (QED) is 0.822. The highest BCUT2D eigenvalue weighted by atomic mass is 32.1. The summed E-state index contributed by atoms with van der Waals surface area (Å²) >= 11 is 1.59. The highest BCUT2D eigenvalue weighted by Crippen LogP contribution is 2.29. The van der Waals surface area contributed by atoms with Crippen molar-refractivity contribution < 1.29 is 0 Å². The Labute approximate surface area is 88.6 Å². The van der Waals surface area contributed by atoms with Crippen LogP contribution in [0.5, 0.6) is 0 Å². The van der Waals surface area contributed by atoms with E-state index in [2.05, 4.69) is 18.3 Å². The van der Waals surface area contributed by atoms with Gasteiger partial charge in [0.15, 0.2) is 0 Å². The molecule has 0 bridgehead atoms. The maximum atomic E-state index is 8.70. The topological polar surface area (TPSA) is 35.8 Å². The summed E-state index contributed by atoms with van der Waals surface area (Å²) in [4.78, 5) is 2.07. The third kappa shape index (κ3) is 2.34. The van der Waals surface area contributed by atoms with Crippen LogP contribution >= 0.6 is 11.3 Å². The van der Waals surface area contributed by atoms with Gasteiger partial charge in [0.25, 0.3) is 0 Å². The first-order chi connectivity index (χ1) is 6.79. The van der Waals surface area contributed by atoms with Crippen LogP contribution in [-0.4, -0.2) is 6.54 Å². The Kier molecular flexibility index (Phi) is 2.85. The summed E-state index contributed by atoms with van der Waals surface area (Å²) in [6.07, 6.45) is 2.77. The van der Waals surface area contributed by atoms with Crippen molar-refractivity contribution in [3.8, 4) is 6.07 Å². The molecular weight excluding hydrogens is 192 g/mol. The summed E-state index contributed by atoms with van der Waals surface area (Å²) in [5.41, 5.74) is 0. The van der Waals surface area contributed by atoms with Gasteiger partial charge >= 0.3 is 0 Å². The lowest BCUT2D eigenvalue weighted by molar-refractivity contribution is 0.555. The molecule has 0 radical (unpaired) electrons. The molecule has 1 fully saturated rings. The van der Waals surface area contributed by atoms with Crippen LogP contribution in [0.3, 0.4) is 0 Å². The van der Waals surface area contributed by atoms with Crippen LogP contribution < -0.4 is 5.32 Å². The Bertz CT molecular complexity index is 346. The molecule has 1 N–H and O–H groups in total. The Morgan fingerprint density at radius 2 is 2.43 bits per heavy atom. The molecule has 0 spiro atoms. The summed E-state index contributed by atoms with van der Waals surface area (Å²) in [5.74, 6) is 0.910. The van der Waals surface area contributed by atoms with Gasteiger partial charge < -0.3 is 5.32 Å². The largest absolute Gasteiger partial charge is 0.309 e. The number of thiophene rings is 1. The molecule has 0 amide bonds. The van der Waals surface area contributed by atoms with E-state index in [-0.39, 0.29) is 0 Å². The zero-order valence-corrected chi connectivity index (χ0v) is 9.10. The summed E-state index contributed by atoms with van der Waals surface area (Å²) in [6, 6.07) is 6.51. The Balaban J connectivity index is 1.89. The first-order valence-electron chi connectivity index (χ1n) is 5.03. The van der Waals surface area contributed by atoms with Gasteiger partial charge in [0.1, 0.15) is 10.9 Å². The zero-order valence-electron chi connectivity index (χ0n) is 8.29. The minimum absolute atomic E-state index is 0.391. The fourth-order valence-electron chi connectivity index (χ4n) is 1.41. The molecule has 1 unspecified atom stereocenters. The van der Waals surface area contributed by atoms with Crippen LogP contribution in [-0.2, 0) is 0 Å². The highest BCUT2D eigenvalue weighted by Gasteiger charge is 2.21. The van der Waals surface area contributed by atoms with E-state index in [0.717, 1.165) is 17.3 Å². The molecule has 1 atom stereocenters. The van der Waals surface area contributed by atoms with Crippen molar-refractivity contribution in [1.29, 1.82) is 5.26 Å². The van der Waals surface area contributed by atoms with Crippen molar-refractivity contribution in [2.75, 3.05) is 6.54 Å². The van der Waals surface area contributed by atoms with Crippen LogP contribution in [0.4, 0.5) is 0 Å². The lowest BCUT2D eigenvalue weighted by Crippen LogP contribution is -2.20.